The summed E-state index contributed by atoms with van der Waals surface area (Å²) >= 11 is 5.49. The number of nitrogens with two attached hydrogens (primary N) is 1. The van der Waals surface area contributed by atoms with Gasteiger partial charge in [0.2, 0.25) is 0 Å². The van der Waals surface area contributed by atoms with E-state index in [4.69, 9.17) is 10.5 Å². The van der Waals surface area contributed by atoms with Gasteiger partial charge in [-0.25, -0.2) is 0 Å². The van der Waals surface area contributed by atoms with Crippen LogP contribution in [0.3, 0.4) is 0 Å². The molecule has 92 valence electrons. The van der Waals surface area contributed by atoms with Crippen LogP contribution in [0.25, 0.3) is 0 Å². The molecule has 17 heavy (non-hydrogen) atoms. The lowest BCUT2D eigenvalue weighted by atomic mass is 9.85. The third-order valence-electron chi connectivity index (χ3n) is 3.58. The lowest BCUT2D eigenvalue weighted by Gasteiger charge is -2.43. The molecule has 0 radical (unpaired) electrons. The summed E-state index contributed by atoms with van der Waals surface area (Å²) in [6.45, 7) is 0. The van der Waals surface area contributed by atoms with Crippen molar-refractivity contribution in [3.05, 3.63) is 28.2 Å². The Morgan fingerprint density at radius 1 is 1.47 bits per heavy atom. The first-order chi connectivity index (χ1) is 8.19. The average molecular weight is 314 g/mol. The van der Waals surface area contributed by atoms with Crippen molar-refractivity contribution in [2.45, 2.75) is 30.9 Å². The first-order valence-corrected chi connectivity index (χ1v) is 7.95. The molecule has 2 nitrogen and oxygen atoms in total. The van der Waals surface area contributed by atoms with Gasteiger partial charge in [-0.15, -0.1) is 0 Å². The highest BCUT2D eigenvalue weighted by molar-refractivity contribution is 9.10. The van der Waals surface area contributed by atoms with E-state index in [1.807, 2.05) is 17.8 Å². The standard InChI is InChI=1S/C13H16BrNOS/c14-9-2-3-10-11(15)7-13(16-12(10)6-9)4-1-5-17-8-13/h2-3,6,11H,1,4-5,7-8,15H2. The van der Waals surface area contributed by atoms with E-state index in [0.29, 0.717) is 0 Å². The van der Waals surface area contributed by atoms with E-state index in [0.717, 1.165) is 34.4 Å². The highest BCUT2D eigenvalue weighted by atomic mass is 79.9. The van der Waals surface area contributed by atoms with Gasteiger partial charge in [0.1, 0.15) is 11.4 Å². The normalized spacial score (nSPS) is 32.0. The maximum absolute atomic E-state index is 6.30. The molecule has 0 amide bonds. The van der Waals surface area contributed by atoms with Gasteiger partial charge in [-0.1, -0.05) is 22.0 Å². The second kappa shape index (κ2) is 4.48. The lowest BCUT2D eigenvalue weighted by Crippen LogP contribution is -2.46. The predicted molar refractivity (Wildman–Crippen MR) is 75.6 cm³/mol. The Hall–Kier alpha value is -0.190. The average Bonchev–Trinajstić information content (AvgIpc) is 2.29. The van der Waals surface area contributed by atoms with Crippen molar-refractivity contribution in [2.75, 3.05) is 11.5 Å². The topological polar surface area (TPSA) is 35.2 Å². The first kappa shape index (κ1) is 11.9. The number of ether oxygens (including phenoxy) is 1. The van der Waals surface area contributed by atoms with E-state index in [-0.39, 0.29) is 11.6 Å². The van der Waals surface area contributed by atoms with Gasteiger partial charge >= 0.3 is 0 Å². The minimum atomic E-state index is -0.0177. The molecule has 1 aromatic rings. The van der Waals surface area contributed by atoms with E-state index < -0.39 is 0 Å². The van der Waals surface area contributed by atoms with E-state index in [2.05, 4.69) is 28.1 Å². The van der Waals surface area contributed by atoms with Crippen molar-refractivity contribution in [1.82, 2.24) is 0 Å². The Morgan fingerprint density at radius 2 is 2.35 bits per heavy atom. The zero-order chi connectivity index (χ0) is 11.9. The summed E-state index contributed by atoms with van der Waals surface area (Å²) in [6, 6.07) is 6.28. The van der Waals surface area contributed by atoms with Crippen LogP contribution in [0.1, 0.15) is 30.9 Å². The van der Waals surface area contributed by atoms with Crippen LogP contribution in [0.4, 0.5) is 0 Å². The molecule has 2 heterocycles. The quantitative estimate of drug-likeness (QED) is 0.796. The SMILES string of the molecule is NC1CC2(CCCSC2)Oc2cc(Br)ccc21. The van der Waals surface area contributed by atoms with Crippen molar-refractivity contribution >= 4 is 27.7 Å². The van der Waals surface area contributed by atoms with E-state index >= 15 is 0 Å². The molecule has 2 aliphatic heterocycles. The van der Waals surface area contributed by atoms with Crippen molar-refractivity contribution in [2.24, 2.45) is 5.73 Å². The fourth-order valence-electron chi connectivity index (χ4n) is 2.76. The fourth-order valence-corrected chi connectivity index (χ4v) is 4.28. The van der Waals surface area contributed by atoms with Gasteiger partial charge < -0.3 is 10.5 Å². The van der Waals surface area contributed by atoms with E-state index in [1.54, 1.807) is 0 Å². The lowest BCUT2D eigenvalue weighted by molar-refractivity contribution is 0.0471. The summed E-state index contributed by atoms with van der Waals surface area (Å²) in [5.74, 6) is 3.30. The molecule has 1 aromatic carbocycles. The molecule has 1 fully saturated rings. The Kier molecular flexibility index (Phi) is 3.13. The Labute approximate surface area is 114 Å². The molecule has 3 rings (SSSR count). The van der Waals surface area contributed by atoms with Gasteiger partial charge in [-0.05, 0) is 30.7 Å². The van der Waals surface area contributed by atoms with Crippen molar-refractivity contribution in [3.63, 3.8) is 0 Å². The van der Waals surface area contributed by atoms with Gasteiger partial charge in [0.05, 0.1) is 0 Å². The van der Waals surface area contributed by atoms with Crippen LogP contribution >= 0.6 is 27.7 Å². The third-order valence-corrected chi connectivity index (χ3v) is 5.38. The Morgan fingerprint density at radius 3 is 3.12 bits per heavy atom. The second-order valence-electron chi connectivity index (χ2n) is 4.93. The maximum Gasteiger partial charge on any atom is 0.126 e. The summed E-state index contributed by atoms with van der Waals surface area (Å²) in [5.41, 5.74) is 7.43. The molecule has 0 bridgehead atoms. The van der Waals surface area contributed by atoms with E-state index in [9.17, 15) is 0 Å². The Bertz CT molecular complexity index is 431. The van der Waals surface area contributed by atoms with Gasteiger partial charge in [0, 0.05) is 28.3 Å². The number of halogens is 1. The third kappa shape index (κ3) is 2.23. The predicted octanol–water partition coefficient (Wildman–Crippen LogP) is 3.50. The smallest absolute Gasteiger partial charge is 0.126 e. The number of benzene rings is 1. The summed E-state index contributed by atoms with van der Waals surface area (Å²) in [6.07, 6.45) is 3.33. The van der Waals surface area contributed by atoms with Crippen LogP contribution in [0.5, 0.6) is 5.75 Å². The van der Waals surface area contributed by atoms with Crippen LogP contribution in [0, 0.1) is 0 Å². The molecular weight excluding hydrogens is 298 g/mol. The van der Waals surface area contributed by atoms with Crippen LogP contribution in [-0.2, 0) is 0 Å². The Balaban J connectivity index is 1.95. The largest absolute Gasteiger partial charge is 0.486 e. The van der Waals surface area contributed by atoms with Gasteiger partial charge in [0.25, 0.3) is 0 Å². The van der Waals surface area contributed by atoms with Crippen LogP contribution in [0.15, 0.2) is 22.7 Å². The number of rotatable bonds is 0. The van der Waals surface area contributed by atoms with Crippen LogP contribution < -0.4 is 10.5 Å². The van der Waals surface area contributed by atoms with E-state index in [1.165, 1.54) is 12.2 Å². The second-order valence-corrected chi connectivity index (χ2v) is 6.95. The molecule has 2 unspecified atom stereocenters. The highest BCUT2D eigenvalue weighted by Crippen LogP contribution is 2.44. The summed E-state index contributed by atoms with van der Waals surface area (Å²) in [4.78, 5) is 0. The molecule has 1 spiro atoms. The van der Waals surface area contributed by atoms with Gasteiger partial charge in [-0.3, -0.25) is 0 Å². The van der Waals surface area contributed by atoms with Gasteiger partial charge in [0.15, 0.2) is 0 Å². The minimum absolute atomic E-state index is 0.0177. The molecule has 4 heteroatoms. The van der Waals surface area contributed by atoms with Crippen molar-refractivity contribution in [3.8, 4) is 5.75 Å². The number of hydrogen-bond acceptors (Lipinski definition) is 3. The van der Waals surface area contributed by atoms with Gasteiger partial charge in [-0.2, -0.15) is 11.8 Å². The number of hydrogen-bond donors (Lipinski definition) is 1. The number of fused-ring (bicyclic) bond motifs is 1. The number of thioether (sulfide) groups is 1. The minimum Gasteiger partial charge on any atom is -0.486 e. The summed E-state index contributed by atoms with van der Waals surface area (Å²) in [7, 11) is 0. The molecule has 0 aromatic heterocycles. The molecule has 1 saturated heterocycles. The zero-order valence-corrected chi connectivity index (χ0v) is 12.0. The fraction of sp³-hybridized carbons (Fsp3) is 0.538. The summed E-state index contributed by atoms with van der Waals surface area (Å²) in [5, 5.41) is 0. The molecule has 0 saturated carbocycles. The zero-order valence-electron chi connectivity index (χ0n) is 9.62. The first-order valence-electron chi connectivity index (χ1n) is 6.00. The molecule has 2 aliphatic rings. The van der Waals surface area contributed by atoms with Crippen molar-refractivity contribution in [1.29, 1.82) is 0 Å². The van der Waals surface area contributed by atoms with Crippen LogP contribution in [-0.4, -0.2) is 17.1 Å². The molecule has 2 atom stereocenters. The maximum atomic E-state index is 6.30. The van der Waals surface area contributed by atoms with Crippen molar-refractivity contribution < 1.29 is 4.74 Å². The highest BCUT2D eigenvalue weighted by Gasteiger charge is 2.41. The monoisotopic (exact) mass is 313 g/mol. The van der Waals surface area contributed by atoms with Crippen LogP contribution in [0.2, 0.25) is 0 Å². The molecule has 0 aliphatic carbocycles. The molecular formula is C13H16BrNOS. The molecule has 2 N–H and O–H groups in total. The summed E-state index contributed by atoms with van der Waals surface area (Å²) < 4.78 is 7.34.